The molecule has 3 N–H and O–H groups in total. The normalized spacial score (nSPS) is 21.4. The standard InChI is InChI=1S/C24H30F2N2O3S/c1-28-14-18-11-17-12-22(26)23(31-8-7-24(16-5-6-16)32(27,29)30)13-21(17)20(18)10-15-3-2-4-19(25)9-15/h2-4,9,12-13,16,18,20,24,28H,5-8,10-11,14H2,1H3,(H2,27,29,30). The van der Waals surface area contributed by atoms with E-state index < -0.39 is 21.1 Å². The topological polar surface area (TPSA) is 81.4 Å². The molecule has 32 heavy (non-hydrogen) atoms. The number of hydrogen-bond donors (Lipinski definition) is 2. The fourth-order valence-corrected chi connectivity index (χ4v) is 6.25. The van der Waals surface area contributed by atoms with Gasteiger partial charge in [0.2, 0.25) is 10.0 Å². The highest BCUT2D eigenvalue weighted by atomic mass is 32.2. The molecule has 0 radical (unpaired) electrons. The fraction of sp³-hybridized carbons (Fsp3) is 0.500. The number of benzene rings is 2. The van der Waals surface area contributed by atoms with Gasteiger partial charge in [0.05, 0.1) is 11.9 Å². The third-order valence-electron chi connectivity index (χ3n) is 6.69. The molecule has 2 aliphatic carbocycles. The highest BCUT2D eigenvalue weighted by Crippen LogP contribution is 2.43. The van der Waals surface area contributed by atoms with E-state index in [-0.39, 0.29) is 42.3 Å². The number of ether oxygens (including phenoxy) is 1. The number of sulfonamides is 1. The van der Waals surface area contributed by atoms with E-state index in [2.05, 4.69) is 5.32 Å². The Hall–Kier alpha value is -2.03. The molecule has 0 saturated heterocycles. The van der Waals surface area contributed by atoms with Crippen molar-refractivity contribution in [2.24, 2.45) is 17.0 Å². The molecular weight excluding hydrogens is 434 g/mol. The fourth-order valence-electron chi connectivity index (χ4n) is 5.01. The number of halogens is 2. The SMILES string of the molecule is CNCC1Cc2cc(F)c(OCCC(C3CC3)S(N)(=O)=O)cc2C1Cc1cccc(F)c1. The van der Waals surface area contributed by atoms with E-state index in [4.69, 9.17) is 9.88 Å². The van der Waals surface area contributed by atoms with E-state index in [0.717, 1.165) is 42.5 Å². The summed E-state index contributed by atoms with van der Waals surface area (Å²) in [4.78, 5) is 0. The van der Waals surface area contributed by atoms with Gasteiger partial charge in [-0.05, 0) is 104 Å². The molecule has 0 aliphatic heterocycles. The van der Waals surface area contributed by atoms with Crippen molar-refractivity contribution in [3.05, 3.63) is 64.7 Å². The summed E-state index contributed by atoms with van der Waals surface area (Å²) in [7, 11) is -1.76. The first-order valence-corrected chi connectivity index (χ1v) is 12.7. The Morgan fingerprint density at radius 2 is 2.00 bits per heavy atom. The lowest BCUT2D eigenvalue weighted by Gasteiger charge is -2.21. The Bertz CT molecular complexity index is 1070. The molecule has 174 valence electrons. The third kappa shape index (κ3) is 5.30. The Morgan fingerprint density at radius 3 is 2.66 bits per heavy atom. The largest absolute Gasteiger partial charge is 0.490 e. The van der Waals surface area contributed by atoms with Crippen LogP contribution in [0.2, 0.25) is 0 Å². The smallest absolute Gasteiger partial charge is 0.212 e. The second-order valence-electron chi connectivity index (χ2n) is 9.05. The van der Waals surface area contributed by atoms with Gasteiger partial charge in [0, 0.05) is 0 Å². The first-order chi connectivity index (χ1) is 15.3. The molecule has 3 unspecified atom stereocenters. The summed E-state index contributed by atoms with van der Waals surface area (Å²) in [6.45, 7) is 0.853. The average molecular weight is 465 g/mol. The maximum absolute atomic E-state index is 14.8. The van der Waals surface area contributed by atoms with Crippen LogP contribution in [-0.2, 0) is 22.9 Å². The van der Waals surface area contributed by atoms with Gasteiger partial charge >= 0.3 is 0 Å². The van der Waals surface area contributed by atoms with Crippen molar-refractivity contribution < 1.29 is 21.9 Å². The molecule has 3 atom stereocenters. The van der Waals surface area contributed by atoms with Crippen molar-refractivity contribution in [3.63, 3.8) is 0 Å². The second-order valence-corrected chi connectivity index (χ2v) is 10.8. The number of hydrogen-bond acceptors (Lipinski definition) is 4. The van der Waals surface area contributed by atoms with E-state index in [1.165, 1.54) is 12.1 Å². The number of rotatable bonds is 10. The van der Waals surface area contributed by atoms with Gasteiger partial charge in [-0.25, -0.2) is 22.3 Å². The van der Waals surface area contributed by atoms with Gasteiger partial charge in [0.25, 0.3) is 0 Å². The minimum absolute atomic E-state index is 0.0800. The molecule has 0 bridgehead atoms. The Balaban J connectivity index is 1.52. The zero-order chi connectivity index (χ0) is 22.9. The van der Waals surface area contributed by atoms with Gasteiger partial charge in [-0.15, -0.1) is 0 Å². The number of primary sulfonamides is 1. The summed E-state index contributed by atoms with van der Waals surface area (Å²) < 4.78 is 57.8. The van der Waals surface area contributed by atoms with Crippen molar-refractivity contribution in [2.45, 2.75) is 43.3 Å². The van der Waals surface area contributed by atoms with Crippen LogP contribution in [0.25, 0.3) is 0 Å². The van der Waals surface area contributed by atoms with Gasteiger partial charge in [-0.1, -0.05) is 12.1 Å². The zero-order valence-corrected chi connectivity index (χ0v) is 19.0. The van der Waals surface area contributed by atoms with Crippen LogP contribution in [0.1, 0.15) is 41.9 Å². The van der Waals surface area contributed by atoms with E-state index in [9.17, 15) is 17.2 Å². The van der Waals surface area contributed by atoms with Gasteiger partial charge in [0.15, 0.2) is 11.6 Å². The zero-order valence-electron chi connectivity index (χ0n) is 18.2. The van der Waals surface area contributed by atoms with E-state index in [0.29, 0.717) is 6.42 Å². The second kappa shape index (κ2) is 9.45. The quantitative estimate of drug-likeness (QED) is 0.564. The molecule has 2 aromatic carbocycles. The molecule has 2 aromatic rings. The van der Waals surface area contributed by atoms with Crippen LogP contribution in [0.4, 0.5) is 8.78 Å². The molecule has 1 fully saturated rings. The summed E-state index contributed by atoms with van der Waals surface area (Å²) in [5.74, 6) is -0.148. The minimum Gasteiger partial charge on any atom is -0.490 e. The molecular formula is C24H30F2N2O3S. The summed E-state index contributed by atoms with van der Waals surface area (Å²) in [6, 6.07) is 9.85. The molecule has 0 spiro atoms. The number of nitrogens with one attached hydrogen (secondary N) is 1. The highest BCUT2D eigenvalue weighted by Gasteiger charge is 2.38. The third-order valence-corrected chi connectivity index (χ3v) is 8.15. The van der Waals surface area contributed by atoms with Crippen LogP contribution in [0, 0.1) is 23.5 Å². The summed E-state index contributed by atoms with van der Waals surface area (Å²) in [5.41, 5.74) is 2.85. The lowest BCUT2D eigenvalue weighted by molar-refractivity contribution is 0.289. The molecule has 0 amide bonds. The molecule has 1 saturated carbocycles. The van der Waals surface area contributed by atoms with Crippen LogP contribution in [0.5, 0.6) is 5.75 Å². The summed E-state index contributed by atoms with van der Waals surface area (Å²) in [6.07, 6.45) is 3.33. The van der Waals surface area contributed by atoms with Crippen LogP contribution >= 0.6 is 0 Å². The first-order valence-electron chi connectivity index (χ1n) is 11.1. The predicted octanol–water partition coefficient (Wildman–Crippen LogP) is 3.52. The highest BCUT2D eigenvalue weighted by molar-refractivity contribution is 7.89. The number of fused-ring (bicyclic) bond motifs is 1. The predicted molar refractivity (Wildman–Crippen MR) is 120 cm³/mol. The van der Waals surface area contributed by atoms with Gasteiger partial charge in [-0.3, -0.25) is 0 Å². The van der Waals surface area contributed by atoms with Crippen molar-refractivity contribution in [1.29, 1.82) is 0 Å². The van der Waals surface area contributed by atoms with E-state index >= 15 is 0 Å². The lowest BCUT2D eigenvalue weighted by Crippen LogP contribution is -2.31. The van der Waals surface area contributed by atoms with Crippen molar-refractivity contribution in [3.8, 4) is 5.75 Å². The maximum Gasteiger partial charge on any atom is 0.212 e. The van der Waals surface area contributed by atoms with Crippen molar-refractivity contribution in [2.75, 3.05) is 20.2 Å². The molecule has 2 aliphatic rings. The van der Waals surface area contributed by atoms with Gasteiger partial charge in [-0.2, -0.15) is 0 Å². The molecule has 0 heterocycles. The summed E-state index contributed by atoms with van der Waals surface area (Å²) in [5, 5.41) is 7.93. The van der Waals surface area contributed by atoms with Crippen LogP contribution in [0.3, 0.4) is 0 Å². The van der Waals surface area contributed by atoms with Crippen LogP contribution < -0.4 is 15.2 Å². The Kier molecular flexibility index (Phi) is 6.83. The summed E-state index contributed by atoms with van der Waals surface area (Å²) >= 11 is 0. The van der Waals surface area contributed by atoms with Crippen molar-refractivity contribution in [1.82, 2.24) is 5.32 Å². The average Bonchev–Trinajstić information content (AvgIpc) is 3.49. The molecule has 8 heteroatoms. The molecule has 5 nitrogen and oxygen atoms in total. The minimum atomic E-state index is -3.65. The monoisotopic (exact) mass is 464 g/mol. The van der Waals surface area contributed by atoms with Crippen molar-refractivity contribution >= 4 is 10.0 Å². The van der Waals surface area contributed by atoms with Crippen LogP contribution in [0.15, 0.2) is 36.4 Å². The molecule has 0 aromatic heterocycles. The van der Waals surface area contributed by atoms with Gasteiger partial charge in [0.1, 0.15) is 5.82 Å². The van der Waals surface area contributed by atoms with Crippen LogP contribution in [-0.4, -0.2) is 33.9 Å². The molecule has 4 rings (SSSR count). The van der Waals surface area contributed by atoms with E-state index in [1.807, 2.05) is 13.1 Å². The Labute approximate surface area is 188 Å². The maximum atomic E-state index is 14.8. The number of nitrogens with two attached hydrogens (primary N) is 1. The lowest BCUT2D eigenvalue weighted by atomic mass is 9.86. The van der Waals surface area contributed by atoms with E-state index in [1.54, 1.807) is 18.2 Å². The van der Waals surface area contributed by atoms with Gasteiger partial charge < -0.3 is 10.1 Å². The first kappa shape index (κ1) is 23.1. The Morgan fingerprint density at radius 1 is 1.22 bits per heavy atom.